The summed E-state index contributed by atoms with van der Waals surface area (Å²) in [6, 6.07) is 4.03. The molecule has 0 radical (unpaired) electrons. The minimum Gasteiger partial charge on any atom is -0.368 e. The summed E-state index contributed by atoms with van der Waals surface area (Å²) in [4.78, 5) is 22.6. The van der Waals surface area contributed by atoms with Crippen LogP contribution in [0.2, 0.25) is 0 Å². The van der Waals surface area contributed by atoms with Crippen molar-refractivity contribution in [2.75, 3.05) is 18.8 Å². The van der Waals surface area contributed by atoms with Gasteiger partial charge in [-0.2, -0.15) is 5.26 Å². The van der Waals surface area contributed by atoms with Crippen LogP contribution in [-0.4, -0.2) is 33.9 Å². The van der Waals surface area contributed by atoms with Crippen LogP contribution in [0.1, 0.15) is 49.8 Å². The molecule has 6 nitrogen and oxygen atoms in total. The average Bonchev–Trinajstić information content (AvgIpc) is 2.45. The van der Waals surface area contributed by atoms with Gasteiger partial charge < -0.3 is 10.6 Å². The molecule has 1 amide bonds. The largest absolute Gasteiger partial charge is 0.368 e. The van der Waals surface area contributed by atoms with E-state index in [0.29, 0.717) is 24.7 Å². The SMILES string of the molecule is CC(C)Cc1cc(C(=O)N2CCCC(C)(C#N)C2)nc(N)n1. The van der Waals surface area contributed by atoms with E-state index in [4.69, 9.17) is 5.73 Å². The van der Waals surface area contributed by atoms with Crippen molar-refractivity contribution in [2.45, 2.75) is 40.0 Å². The molecule has 0 aromatic carbocycles. The molecule has 2 N–H and O–H groups in total. The van der Waals surface area contributed by atoms with Crippen LogP contribution in [0.15, 0.2) is 6.07 Å². The number of piperidine rings is 1. The molecular formula is C16H23N5O. The molecule has 2 heterocycles. The van der Waals surface area contributed by atoms with Gasteiger partial charge in [-0.1, -0.05) is 13.8 Å². The number of likely N-dealkylation sites (tertiary alicyclic amines) is 1. The Kier molecular flexibility index (Phi) is 4.65. The molecule has 1 fully saturated rings. The lowest BCUT2D eigenvalue weighted by Crippen LogP contribution is -2.44. The molecule has 1 aromatic heterocycles. The van der Waals surface area contributed by atoms with E-state index in [0.717, 1.165) is 25.0 Å². The smallest absolute Gasteiger partial charge is 0.272 e. The minimum absolute atomic E-state index is 0.126. The van der Waals surface area contributed by atoms with Crippen molar-refractivity contribution < 1.29 is 4.79 Å². The zero-order chi connectivity index (χ0) is 16.3. The second kappa shape index (κ2) is 6.30. The van der Waals surface area contributed by atoms with Crippen LogP contribution in [0, 0.1) is 22.7 Å². The monoisotopic (exact) mass is 301 g/mol. The van der Waals surface area contributed by atoms with Crippen molar-refractivity contribution in [3.8, 4) is 6.07 Å². The molecule has 0 saturated carbocycles. The first-order valence-corrected chi connectivity index (χ1v) is 7.67. The molecule has 0 spiro atoms. The Morgan fingerprint density at radius 2 is 2.27 bits per heavy atom. The van der Waals surface area contributed by atoms with Gasteiger partial charge in [0.2, 0.25) is 5.95 Å². The maximum atomic E-state index is 12.7. The third-order valence-corrected chi connectivity index (χ3v) is 3.89. The lowest BCUT2D eigenvalue weighted by atomic mass is 9.83. The van der Waals surface area contributed by atoms with Gasteiger partial charge in [-0.3, -0.25) is 4.79 Å². The first-order chi connectivity index (χ1) is 10.3. The fraction of sp³-hybridized carbons (Fsp3) is 0.625. The number of amides is 1. The van der Waals surface area contributed by atoms with Gasteiger partial charge in [0.1, 0.15) is 5.69 Å². The molecule has 1 aromatic rings. The van der Waals surface area contributed by atoms with Crippen molar-refractivity contribution in [1.82, 2.24) is 14.9 Å². The Labute approximate surface area is 131 Å². The van der Waals surface area contributed by atoms with E-state index in [1.165, 1.54) is 0 Å². The summed E-state index contributed by atoms with van der Waals surface area (Å²) in [5.41, 5.74) is 6.37. The molecule has 1 saturated heterocycles. The summed E-state index contributed by atoms with van der Waals surface area (Å²) < 4.78 is 0. The van der Waals surface area contributed by atoms with E-state index >= 15 is 0 Å². The maximum absolute atomic E-state index is 12.7. The fourth-order valence-electron chi connectivity index (χ4n) is 2.82. The number of carbonyl (C=O) groups excluding carboxylic acids is 1. The third-order valence-electron chi connectivity index (χ3n) is 3.89. The number of nitrogens with zero attached hydrogens (tertiary/aromatic N) is 4. The highest BCUT2D eigenvalue weighted by atomic mass is 16.2. The van der Waals surface area contributed by atoms with Gasteiger partial charge in [-0.25, -0.2) is 9.97 Å². The fourth-order valence-corrected chi connectivity index (χ4v) is 2.82. The molecule has 1 aliphatic heterocycles. The number of carbonyl (C=O) groups is 1. The summed E-state index contributed by atoms with van der Waals surface area (Å²) in [5, 5.41) is 9.27. The Hall–Kier alpha value is -2.16. The third kappa shape index (κ3) is 3.73. The van der Waals surface area contributed by atoms with Crippen LogP contribution >= 0.6 is 0 Å². The summed E-state index contributed by atoms with van der Waals surface area (Å²) >= 11 is 0. The molecule has 6 heteroatoms. The van der Waals surface area contributed by atoms with Crippen LogP contribution in [0.3, 0.4) is 0 Å². The lowest BCUT2D eigenvalue weighted by molar-refractivity contribution is 0.0624. The second-order valence-electron chi connectivity index (χ2n) is 6.70. The highest BCUT2D eigenvalue weighted by molar-refractivity contribution is 5.92. The highest BCUT2D eigenvalue weighted by Crippen LogP contribution is 2.29. The summed E-state index contributed by atoms with van der Waals surface area (Å²) in [5.74, 6) is 0.385. The number of nitrogen functional groups attached to an aromatic ring is 1. The van der Waals surface area contributed by atoms with Gasteiger partial charge in [0.25, 0.3) is 5.91 Å². The van der Waals surface area contributed by atoms with Gasteiger partial charge >= 0.3 is 0 Å². The number of nitrogens with two attached hydrogens (primary N) is 1. The Morgan fingerprint density at radius 1 is 1.55 bits per heavy atom. The predicted octanol–water partition coefficient (Wildman–Crippen LogP) is 2.02. The van der Waals surface area contributed by atoms with E-state index in [1.807, 2.05) is 6.92 Å². The van der Waals surface area contributed by atoms with Crippen molar-refractivity contribution in [2.24, 2.45) is 11.3 Å². The lowest BCUT2D eigenvalue weighted by Gasteiger charge is -2.35. The van der Waals surface area contributed by atoms with Gasteiger partial charge in [-0.05, 0) is 38.2 Å². The molecule has 2 rings (SSSR count). The first kappa shape index (κ1) is 16.2. The Bertz CT molecular complexity index is 607. The van der Waals surface area contributed by atoms with E-state index in [9.17, 15) is 10.1 Å². The highest BCUT2D eigenvalue weighted by Gasteiger charge is 2.34. The van der Waals surface area contributed by atoms with E-state index in [2.05, 4.69) is 29.9 Å². The number of nitriles is 1. The van der Waals surface area contributed by atoms with Crippen LogP contribution in [0.25, 0.3) is 0 Å². The number of hydrogen-bond acceptors (Lipinski definition) is 5. The molecular weight excluding hydrogens is 278 g/mol. The van der Waals surface area contributed by atoms with E-state index in [-0.39, 0.29) is 11.9 Å². The number of aromatic nitrogens is 2. The molecule has 0 aliphatic carbocycles. The molecule has 1 unspecified atom stereocenters. The van der Waals surface area contributed by atoms with Crippen molar-refractivity contribution >= 4 is 11.9 Å². The van der Waals surface area contributed by atoms with Crippen LogP contribution in [0.5, 0.6) is 0 Å². The van der Waals surface area contributed by atoms with Gasteiger partial charge in [0.15, 0.2) is 0 Å². The molecule has 22 heavy (non-hydrogen) atoms. The molecule has 1 atom stereocenters. The van der Waals surface area contributed by atoms with Crippen LogP contribution in [-0.2, 0) is 6.42 Å². The van der Waals surface area contributed by atoms with Gasteiger partial charge in [-0.15, -0.1) is 0 Å². The van der Waals surface area contributed by atoms with Gasteiger partial charge in [0.05, 0.1) is 11.5 Å². The number of hydrogen-bond donors (Lipinski definition) is 1. The number of rotatable bonds is 3. The van der Waals surface area contributed by atoms with Crippen molar-refractivity contribution in [3.63, 3.8) is 0 Å². The standard InChI is InChI=1S/C16H23N5O/c1-11(2)7-12-8-13(20-15(18)19-12)14(22)21-6-4-5-16(3,9-17)10-21/h8,11H,4-7,10H2,1-3H3,(H2,18,19,20). The molecule has 118 valence electrons. The van der Waals surface area contributed by atoms with E-state index < -0.39 is 5.41 Å². The van der Waals surface area contributed by atoms with Crippen LogP contribution in [0.4, 0.5) is 5.95 Å². The topological polar surface area (TPSA) is 95.9 Å². The first-order valence-electron chi connectivity index (χ1n) is 7.67. The molecule has 0 bridgehead atoms. The van der Waals surface area contributed by atoms with E-state index in [1.54, 1.807) is 11.0 Å². The van der Waals surface area contributed by atoms with Crippen molar-refractivity contribution in [1.29, 1.82) is 5.26 Å². The second-order valence-corrected chi connectivity index (χ2v) is 6.70. The number of anilines is 1. The average molecular weight is 301 g/mol. The quantitative estimate of drug-likeness (QED) is 0.921. The van der Waals surface area contributed by atoms with Crippen molar-refractivity contribution in [3.05, 3.63) is 17.5 Å². The van der Waals surface area contributed by atoms with Gasteiger partial charge in [0, 0.05) is 18.8 Å². The Morgan fingerprint density at radius 3 is 2.91 bits per heavy atom. The predicted molar refractivity (Wildman–Crippen MR) is 83.8 cm³/mol. The minimum atomic E-state index is -0.479. The summed E-state index contributed by atoms with van der Waals surface area (Å²) in [6.45, 7) is 7.15. The zero-order valence-electron chi connectivity index (χ0n) is 13.5. The normalized spacial score (nSPS) is 21.7. The van der Waals surface area contributed by atoms with Crippen LogP contribution < -0.4 is 5.73 Å². The summed E-state index contributed by atoms with van der Waals surface area (Å²) in [6.07, 6.45) is 2.40. The molecule has 1 aliphatic rings. The summed E-state index contributed by atoms with van der Waals surface area (Å²) in [7, 11) is 0. The Balaban J connectivity index is 2.22. The zero-order valence-corrected chi connectivity index (χ0v) is 13.5. The maximum Gasteiger partial charge on any atom is 0.272 e.